The van der Waals surface area contributed by atoms with Gasteiger partial charge in [0.2, 0.25) is 5.91 Å². The SMILES string of the molecule is CCOC(=O)CN1CCC(C(=O)Nc2ccc(-c3ccncc3)cc2)CC1. The quantitative estimate of drug-likeness (QED) is 0.795. The summed E-state index contributed by atoms with van der Waals surface area (Å²) in [5.74, 6) is -0.180. The predicted octanol–water partition coefficient (Wildman–Crippen LogP) is 2.96. The van der Waals surface area contributed by atoms with E-state index in [1.807, 2.05) is 41.3 Å². The molecule has 0 spiro atoms. The minimum Gasteiger partial charge on any atom is -0.465 e. The van der Waals surface area contributed by atoms with Crippen molar-refractivity contribution in [2.75, 3.05) is 31.6 Å². The van der Waals surface area contributed by atoms with Gasteiger partial charge in [-0.15, -0.1) is 0 Å². The second kappa shape index (κ2) is 9.28. The lowest BCUT2D eigenvalue weighted by molar-refractivity contribution is -0.144. The summed E-state index contributed by atoms with van der Waals surface area (Å²) in [7, 11) is 0. The number of hydrogen-bond donors (Lipinski definition) is 1. The number of likely N-dealkylation sites (tertiary alicyclic amines) is 1. The lowest BCUT2D eigenvalue weighted by atomic mass is 9.95. The largest absolute Gasteiger partial charge is 0.465 e. The summed E-state index contributed by atoms with van der Waals surface area (Å²) in [6.45, 7) is 3.98. The van der Waals surface area contributed by atoms with Crippen LogP contribution in [0.5, 0.6) is 0 Å². The third kappa shape index (κ3) is 5.37. The smallest absolute Gasteiger partial charge is 0.320 e. The molecule has 0 radical (unpaired) electrons. The Bertz CT molecular complexity index is 754. The number of carbonyl (C=O) groups excluding carboxylic acids is 2. The standard InChI is InChI=1S/C21H25N3O3/c1-2-27-20(25)15-24-13-9-18(10-14-24)21(26)23-19-5-3-16(4-6-19)17-7-11-22-12-8-17/h3-8,11-12,18H,2,9-10,13-15H2,1H3,(H,23,26). The van der Waals surface area contributed by atoms with Crippen molar-refractivity contribution in [2.45, 2.75) is 19.8 Å². The van der Waals surface area contributed by atoms with E-state index in [1.54, 1.807) is 19.3 Å². The van der Waals surface area contributed by atoms with Crippen molar-refractivity contribution in [3.63, 3.8) is 0 Å². The van der Waals surface area contributed by atoms with Crippen LogP contribution in [0.3, 0.4) is 0 Å². The summed E-state index contributed by atoms with van der Waals surface area (Å²) in [4.78, 5) is 30.1. The van der Waals surface area contributed by atoms with Crippen LogP contribution in [-0.4, -0.2) is 48.0 Å². The number of anilines is 1. The Balaban J connectivity index is 1.49. The molecule has 1 aliphatic heterocycles. The number of nitrogens with one attached hydrogen (secondary N) is 1. The van der Waals surface area contributed by atoms with Crippen LogP contribution in [0.2, 0.25) is 0 Å². The zero-order valence-electron chi connectivity index (χ0n) is 15.6. The maximum absolute atomic E-state index is 12.5. The molecule has 6 nitrogen and oxygen atoms in total. The highest BCUT2D eigenvalue weighted by molar-refractivity contribution is 5.92. The number of rotatable bonds is 6. The van der Waals surface area contributed by atoms with Crippen LogP contribution < -0.4 is 5.32 Å². The molecule has 1 N–H and O–H groups in total. The lowest BCUT2D eigenvalue weighted by Gasteiger charge is -2.30. The van der Waals surface area contributed by atoms with Gasteiger partial charge in [-0.05, 0) is 68.2 Å². The van der Waals surface area contributed by atoms with Gasteiger partial charge in [-0.1, -0.05) is 12.1 Å². The fraction of sp³-hybridized carbons (Fsp3) is 0.381. The topological polar surface area (TPSA) is 71.5 Å². The molecule has 0 bridgehead atoms. The van der Waals surface area contributed by atoms with Gasteiger partial charge in [0.05, 0.1) is 13.2 Å². The van der Waals surface area contributed by atoms with Gasteiger partial charge in [0.15, 0.2) is 0 Å². The van der Waals surface area contributed by atoms with Gasteiger partial charge >= 0.3 is 5.97 Å². The average Bonchev–Trinajstić information content (AvgIpc) is 2.70. The summed E-state index contributed by atoms with van der Waals surface area (Å²) < 4.78 is 4.98. The summed E-state index contributed by atoms with van der Waals surface area (Å²) in [5.41, 5.74) is 2.98. The number of aromatic nitrogens is 1. The van der Waals surface area contributed by atoms with Crippen LogP contribution in [0.4, 0.5) is 5.69 Å². The second-order valence-corrected chi connectivity index (χ2v) is 6.66. The van der Waals surface area contributed by atoms with E-state index in [9.17, 15) is 9.59 Å². The maximum Gasteiger partial charge on any atom is 0.320 e. The molecule has 1 amide bonds. The molecule has 0 unspecified atom stereocenters. The van der Waals surface area contributed by atoms with Crippen molar-refractivity contribution in [1.29, 1.82) is 0 Å². The van der Waals surface area contributed by atoms with Crippen LogP contribution in [0.25, 0.3) is 11.1 Å². The summed E-state index contributed by atoms with van der Waals surface area (Å²) in [6, 6.07) is 11.7. The van der Waals surface area contributed by atoms with Crippen LogP contribution in [0, 0.1) is 5.92 Å². The Morgan fingerprint density at radius 3 is 2.33 bits per heavy atom. The molecular weight excluding hydrogens is 342 g/mol. The number of hydrogen-bond acceptors (Lipinski definition) is 5. The molecule has 0 aliphatic carbocycles. The van der Waals surface area contributed by atoms with Crippen LogP contribution in [-0.2, 0) is 14.3 Å². The molecule has 2 heterocycles. The highest BCUT2D eigenvalue weighted by atomic mass is 16.5. The Kier molecular flexibility index (Phi) is 6.54. The first-order chi connectivity index (χ1) is 13.2. The molecule has 1 aliphatic rings. The van der Waals surface area contributed by atoms with Gasteiger partial charge in [0.25, 0.3) is 0 Å². The minimum atomic E-state index is -0.199. The predicted molar refractivity (Wildman–Crippen MR) is 104 cm³/mol. The van der Waals surface area contributed by atoms with Gasteiger partial charge in [-0.2, -0.15) is 0 Å². The second-order valence-electron chi connectivity index (χ2n) is 6.66. The number of benzene rings is 1. The highest BCUT2D eigenvalue weighted by Gasteiger charge is 2.26. The van der Waals surface area contributed by atoms with Gasteiger partial charge in [0, 0.05) is 24.0 Å². The molecule has 2 aromatic rings. The van der Waals surface area contributed by atoms with E-state index >= 15 is 0 Å². The van der Waals surface area contributed by atoms with E-state index in [4.69, 9.17) is 4.74 Å². The molecule has 0 saturated carbocycles. The molecule has 1 aromatic carbocycles. The van der Waals surface area contributed by atoms with Crippen molar-refractivity contribution in [1.82, 2.24) is 9.88 Å². The minimum absolute atomic E-state index is 0.0247. The van der Waals surface area contributed by atoms with Crippen molar-refractivity contribution < 1.29 is 14.3 Å². The van der Waals surface area contributed by atoms with Crippen molar-refractivity contribution in [3.05, 3.63) is 48.8 Å². The van der Waals surface area contributed by atoms with E-state index in [-0.39, 0.29) is 17.8 Å². The first kappa shape index (κ1) is 19.0. The van der Waals surface area contributed by atoms with Crippen LogP contribution in [0.15, 0.2) is 48.8 Å². The molecule has 1 aromatic heterocycles. The van der Waals surface area contributed by atoms with Gasteiger partial charge in [-0.25, -0.2) is 0 Å². The third-order valence-corrected chi connectivity index (χ3v) is 4.78. The molecule has 6 heteroatoms. The molecule has 27 heavy (non-hydrogen) atoms. The van der Waals surface area contributed by atoms with E-state index in [2.05, 4.69) is 10.3 Å². The molecule has 142 valence electrons. The molecule has 3 rings (SSSR count). The third-order valence-electron chi connectivity index (χ3n) is 4.78. The van der Waals surface area contributed by atoms with E-state index < -0.39 is 0 Å². The summed E-state index contributed by atoms with van der Waals surface area (Å²) in [6.07, 6.45) is 5.03. The lowest BCUT2D eigenvalue weighted by Crippen LogP contribution is -2.40. The monoisotopic (exact) mass is 367 g/mol. The highest BCUT2D eigenvalue weighted by Crippen LogP contribution is 2.23. The number of pyridine rings is 1. The number of ether oxygens (including phenoxy) is 1. The first-order valence-electron chi connectivity index (χ1n) is 9.35. The Morgan fingerprint density at radius 2 is 1.70 bits per heavy atom. The zero-order valence-corrected chi connectivity index (χ0v) is 15.6. The van der Waals surface area contributed by atoms with E-state index in [0.717, 1.165) is 42.7 Å². The van der Waals surface area contributed by atoms with Crippen molar-refractivity contribution >= 4 is 17.6 Å². The number of nitrogens with zero attached hydrogens (tertiary/aromatic N) is 2. The van der Waals surface area contributed by atoms with Gasteiger partial charge in [0.1, 0.15) is 0 Å². The Hall–Kier alpha value is -2.73. The molecule has 1 saturated heterocycles. The summed E-state index contributed by atoms with van der Waals surface area (Å²) >= 11 is 0. The average molecular weight is 367 g/mol. The normalized spacial score (nSPS) is 15.3. The number of amides is 1. The fourth-order valence-electron chi connectivity index (χ4n) is 3.28. The Labute approximate surface area is 159 Å². The van der Waals surface area contributed by atoms with Crippen LogP contribution >= 0.6 is 0 Å². The maximum atomic E-state index is 12.5. The number of carbonyl (C=O) groups is 2. The van der Waals surface area contributed by atoms with Gasteiger partial charge < -0.3 is 10.1 Å². The van der Waals surface area contributed by atoms with Crippen molar-refractivity contribution in [2.24, 2.45) is 5.92 Å². The first-order valence-corrected chi connectivity index (χ1v) is 9.35. The molecular formula is C21H25N3O3. The summed E-state index contributed by atoms with van der Waals surface area (Å²) in [5, 5.41) is 3.00. The number of esters is 1. The fourth-order valence-corrected chi connectivity index (χ4v) is 3.28. The van der Waals surface area contributed by atoms with Gasteiger partial charge in [-0.3, -0.25) is 19.5 Å². The van der Waals surface area contributed by atoms with E-state index in [0.29, 0.717) is 13.2 Å². The molecule has 1 fully saturated rings. The number of piperidine rings is 1. The zero-order chi connectivity index (χ0) is 19.1. The van der Waals surface area contributed by atoms with Crippen molar-refractivity contribution in [3.8, 4) is 11.1 Å². The van der Waals surface area contributed by atoms with Crippen LogP contribution in [0.1, 0.15) is 19.8 Å². The molecule has 0 atom stereocenters. The van der Waals surface area contributed by atoms with E-state index in [1.165, 1.54) is 0 Å². The Morgan fingerprint density at radius 1 is 1.07 bits per heavy atom.